The number of hydrogen-bond donors (Lipinski definition) is 0. The zero-order chi connectivity index (χ0) is 3.41. The molecule has 0 aliphatic heterocycles. The molecule has 0 atom stereocenters. The maximum atomic E-state index is 9.17. The number of carbonyl (C=O) groups is 1. The quantitative estimate of drug-likeness (QED) is 0.396. The molecule has 0 rings (SSSR count). The molecule has 0 bridgehead atoms. The van der Waals surface area contributed by atoms with E-state index in [2.05, 4.69) is 0 Å². The summed E-state index contributed by atoms with van der Waals surface area (Å²) in [5.74, 6) is 0. The van der Waals surface area contributed by atoms with Gasteiger partial charge in [-0.1, -0.05) is 6.92 Å². The summed E-state index contributed by atoms with van der Waals surface area (Å²) in [4.78, 5) is 9.17. The van der Waals surface area contributed by atoms with Crippen molar-refractivity contribution in [1.29, 1.82) is 0 Å². The van der Waals surface area contributed by atoms with Crippen LogP contribution in [0.15, 0.2) is 0 Å². The summed E-state index contributed by atoms with van der Waals surface area (Å²) in [7, 11) is 0. The summed E-state index contributed by atoms with van der Waals surface area (Å²) in [6.45, 7) is 1.81. The van der Waals surface area contributed by atoms with Crippen LogP contribution in [-0.2, 0) is 27.2 Å². The number of hydrogen-bond acceptors (Lipinski definition) is 1. The van der Waals surface area contributed by atoms with Crippen LogP contribution in [-0.4, -0.2) is 6.29 Å². The summed E-state index contributed by atoms with van der Waals surface area (Å²) in [5, 5.41) is 0. The van der Waals surface area contributed by atoms with Gasteiger partial charge in [-0.25, -0.2) is 0 Å². The zero-order valence-electron chi connectivity index (χ0n) is 3.14. The van der Waals surface area contributed by atoms with Gasteiger partial charge in [-0.3, -0.25) is 0 Å². The summed E-state index contributed by atoms with van der Waals surface area (Å²) in [5.41, 5.74) is 0. The van der Waals surface area contributed by atoms with Crippen molar-refractivity contribution in [3.05, 3.63) is 0 Å². The van der Waals surface area contributed by atoms with E-state index in [-0.39, 0.29) is 22.4 Å². The van der Waals surface area contributed by atoms with Gasteiger partial charge < -0.3 is 4.79 Å². The van der Waals surface area contributed by atoms with Crippen molar-refractivity contribution in [2.45, 2.75) is 13.3 Å². The minimum absolute atomic E-state index is 0. The Kier molecular flexibility index (Phi) is 16.0. The van der Waals surface area contributed by atoms with E-state index >= 15 is 0 Å². The first-order chi connectivity index (χ1) is 1.91. The maximum absolute atomic E-state index is 9.17. The summed E-state index contributed by atoms with van der Waals surface area (Å²) in [6.07, 6.45) is 1.51. The molecule has 0 amide bonds. The molecule has 0 fully saturated rings. The van der Waals surface area contributed by atoms with Gasteiger partial charge in [0, 0.05) is 28.8 Å². The van der Waals surface area contributed by atoms with Crippen LogP contribution in [0.3, 0.4) is 0 Å². The fraction of sp³-hybridized carbons (Fsp3) is 0.667. The smallest absolute Gasteiger partial charge is 0.119 e. The van der Waals surface area contributed by atoms with Gasteiger partial charge in [0.1, 0.15) is 6.29 Å². The second-order valence-electron chi connectivity index (χ2n) is 0.575. The SMILES string of the molecule is CCC=O.[Nb]. The molecular formula is C3H6NbO. The zero-order valence-corrected chi connectivity index (χ0v) is 5.34. The van der Waals surface area contributed by atoms with Crippen molar-refractivity contribution >= 4 is 6.29 Å². The summed E-state index contributed by atoms with van der Waals surface area (Å²) in [6, 6.07) is 0. The van der Waals surface area contributed by atoms with E-state index in [4.69, 9.17) is 0 Å². The topological polar surface area (TPSA) is 17.1 Å². The van der Waals surface area contributed by atoms with Crippen molar-refractivity contribution in [2.24, 2.45) is 0 Å². The first-order valence-electron chi connectivity index (χ1n) is 1.35. The predicted molar refractivity (Wildman–Crippen MR) is 16.4 cm³/mol. The van der Waals surface area contributed by atoms with E-state index < -0.39 is 0 Å². The minimum Gasteiger partial charge on any atom is -0.303 e. The van der Waals surface area contributed by atoms with Crippen LogP contribution in [0.2, 0.25) is 0 Å². The molecule has 5 heavy (non-hydrogen) atoms. The van der Waals surface area contributed by atoms with Crippen LogP contribution >= 0.6 is 0 Å². The third kappa shape index (κ3) is 12.9. The molecule has 2 heteroatoms. The van der Waals surface area contributed by atoms with E-state index in [0.29, 0.717) is 6.42 Å². The Morgan fingerprint density at radius 3 is 2.00 bits per heavy atom. The minimum atomic E-state index is 0. The van der Waals surface area contributed by atoms with Crippen molar-refractivity contribution in [1.82, 2.24) is 0 Å². The number of carbonyl (C=O) groups excluding carboxylic acids is 1. The van der Waals surface area contributed by atoms with E-state index in [1.54, 1.807) is 0 Å². The Morgan fingerprint density at radius 1 is 1.80 bits per heavy atom. The van der Waals surface area contributed by atoms with Crippen LogP contribution in [0.5, 0.6) is 0 Å². The van der Waals surface area contributed by atoms with Gasteiger partial charge in [0.15, 0.2) is 0 Å². The van der Waals surface area contributed by atoms with E-state index in [9.17, 15) is 4.79 Å². The second-order valence-corrected chi connectivity index (χ2v) is 0.575. The van der Waals surface area contributed by atoms with Crippen LogP contribution in [0.1, 0.15) is 13.3 Å². The Bertz CT molecular complexity index is 20.9. The van der Waals surface area contributed by atoms with Crippen LogP contribution < -0.4 is 0 Å². The molecule has 0 aromatic carbocycles. The molecular weight excluding hydrogens is 145 g/mol. The summed E-state index contributed by atoms with van der Waals surface area (Å²) >= 11 is 0. The molecule has 0 unspecified atom stereocenters. The molecule has 0 N–H and O–H groups in total. The fourth-order valence-electron chi connectivity index (χ4n) is 0. The molecule has 0 aliphatic carbocycles. The molecule has 0 saturated heterocycles. The average Bonchev–Trinajstić information content (AvgIpc) is 1.37. The Labute approximate surface area is 47.3 Å². The van der Waals surface area contributed by atoms with Crippen LogP contribution in [0.4, 0.5) is 0 Å². The third-order valence-electron chi connectivity index (χ3n) is 0.167. The fourth-order valence-corrected chi connectivity index (χ4v) is 0. The van der Waals surface area contributed by atoms with Crippen LogP contribution in [0.25, 0.3) is 0 Å². The van der Waals surface area contributed by atoms with Gasteiger partial charge in [-0.15, -0.1) is 0 Å². The molecule has 29 valence electrons. The second kappa shape index (κ2) is 8.83. The number of aldehydes is 1. The monoisotopic (exact) mass is 151 g/mol. The van der Waals surface area contributed by atoms with Crippen molar-refractivity contribution in [2.75, 3.05) is 0 Å². The molecule has 0 saturated carbocycles. The van der Waals surface area contributed by atoms with Crippen LogP contribution in [0, 0.1) is 0 Å². The van der Waals surface area contributed by atoms with Gasteiger partial charge in [0.05, 0.1) is 0 Å². The Hall–Kier alpha value is 0.410. The number of rotatable bonds is 1. The Morgan fingerprint density at radius 2 is 2.00 bits per heavy atom. The summed E-state index contributed by atoms with van der Waals surface area (Å²) < 4.78 is 0. The largest absolute Gasteiger partial charge is 0.303 e. The van der Waals surface area contributed by atoms with Gasteiger partial charge in [0.2, 0.25) is 0 Å². The maximum Gasteiger partial charge on any atom is 0.119 e. The predicted octanol–water partition coefficient (Wildman–Crippen LogP) is 0.593. The van der Waals surface area contributed by atoms with Gasteiger partial charge in [0.25, 0.3) is 0 Å². The van der Waals surface area contributed by atoms with E-state index in [1.807, 2.05) is 6.92 Å². The molecule has 1 radical (unpaired) electrons. The van der Waals surface area contributed by atoms with Gasteiger partial charge in [-0.05, 0) is 0 Å². The first kappa shape index (κ1) is 9.05. The van der Waals surface area contributed by atoms with E-state index in [1.165, 1.54) is 0 Å². The molecule has 0 aromatic rings. The normalized spacial score (nSPS) is 5.00. The molecule has 0 heterocycles. The Balaban J connectivity index is 0. The van der Waals surface area contributed by atoms with E-state index in [0.717, 1.165) is 6.29 Å². The van der Waals surface area contributed by atoms with Gasteiger partial charge >= 0.3 is 0 Å². The van der Waals surface area contributed by atoms with Crippen molar-refractivity contribution < 1.29 is 27.2 Å². The third-order valence-corrected chi connectivity index (χ3v) is 0.167. The molecule has 0 aromatic heterocycles. The van der Waals surface area contributed by atoms with Crippen molar-refractivity contribution in [3.63, 3.8) is 0 Å². The van der Waals surface area contributed by atoms with Gasteiger partial charge in [-0.2, -0.15) is 0 Å². The molecule has 0 aliphatic rings. The standard InChI is InChI=1S/C3H6O.Nb/c1-2-3-4;/h3H,2H2,1H3;. The molecule has 1 nitrogen and oxygen atoms in total. The van der Waals surface area contributed by atoms with Crippen molar-refractivity contribution in [3.8, 4) is 0 Å². The first-order valence-corrected chi connectivity index (χ1v) is 1.35. The average molecular weight is 151 g/mol. The molecule has 0 spiro atoms.